The third kappa shape index (κ3) is 3.52. The van der Waals surface area contributed by atoms with Crippen LogP contribution in [0, 0.1) is 18.7 Å². The van der Waals surface area contributed by atoms with Gasteiger partial charge in [-0.3, -0.25) is 0 Å². The van der Waals surface area contributed by atoms with Gasteiger partial charge in [-0.15, -0.1) is 0 Å². The van der Waals surface area contributed by atoms with Gasteiger partial charge >= 0.3 is 0 Å². The standard InChI is InChI=1S/C13H20FNO3S/c1-9(2)7-15(4)19(17,18)13-6-11(8-16)5-12(14)10(13)3/h5-6,9,16H,7-8H2,1-4H3. The minimum atomic E-state index is -3.74. The topological polar surface area (TPSA) is 57.6 Å². The Hall–Kier alpha value is -0.980. The van der Waals surface area contributed by atoms with E-state index in [1.165, 1.54) is 24.3 Å². The fourth-order valence-electron chi connectivity index (χ4n) is 1.85. The number of hydrogen-bond donors (Lipinski definition) is 1. The van der Waals surface area contributed by atoms with Crippen molar-refractivity contribution in [3.8, 4) is 0 Å². The van der Waals surface area contributed by atoms with Crippen molar-refractivity contribution < 1.29 is 17.9 Å². The van der Waals surface area contributed by atoms with Crippen molar-refractivity contribution in [1.82, 2.24) is 4.31 Å². The predicted octanol–water partition coefficient (Wildman–Crippen LogP) is 1.90. The summed E-state index contributed by atoms with van der Waals surface area (Å²) in [4.78, 5) is -0.0836. The molecule has 0 radical (unpaired) electrons. The molecule has 0 saturated heterocycles. The van der Waals surface area contributed by atoms with Crippen LogP contribution in [0.4, 0.5) is 4.39 Å². The maximum atomic E-state index is 13.7. The molecule has 0 aliphatic heterocycles. The van der Waals surface area contributed by atoms with Crippen LogP contribution in [0.1, 0.15) is 25.0 Å². The molecule has 0 spiro atoms. The van der Waals surface area contributed by atoms with Crippen LogP contribution in [0.25, 0.3) is 0 Å². The second-order valence-electron chi connectivity index (χ2n) is 5.04. The van der Waals surface area contributed by atoms with E-state index < -0.39 is 22.4 Å². The lowest BCUT2D eigenvalue weighted by Gasteiger charge is -2.21. The smallest absolute Gasteiger partial charge is 0.243 e. The SMILES string of the molecule is Cc1c(F)cc(CO)cc1S(=O)(=O)N(C)CC(C)C. The first kappa shape index (κ1) is 16.1. The molecule has 0 bridgehead atoms. The average molecular weight is 289 g/mol. The van der Waals surface area contributed by atoms with Gasteiger partial charge < -0.3 is 5.11 Å². The van der Waals surface area contributed by atoms with Gasteiger partial charge in [-0.2, -0.15) is 0 Å². The van der Waals surface area contributed by atoms with Gasteiger partial charge in [-0.05, 0) is 30.5 Å². The summed E-state index contributed by atoms with van der Waals surface area (Å²) < 4.78 is 39.7. The zero-order chi connectivity index (χ0) is 14.8. The number of sulfonamides is 1. The number of nitrogens with zero attached hydrogens (tertiary/aromatic N) is 1. The van der Waals surface area contributed by atoms with Crippen LogP contribution in [0.2, 0.25) is 0 Å². The molecular formula is C13H20FNO3S. The van der Waals surface area contributed by atoms with E-state index in [4.69, 9.17) is 5.11 Å². The molecular weight excluding hydrogens is 269 g/mol. The lowest BCUT2D eigenvalue weighted by atomic mass is 10.1. The molecule has 0 aliphatic rings. The molecule has 0 atom stereocenters. The Balaban J connectivity index is 3.32. The Morgan fingerprint density at radius 1 is 1.37 bits per heavy atom. The molecule has 1 aromatic carbocycles. The minimum absolute atomic E-state index is 0.0767. The van der Waals surface area contributed by atoms with Gasteiger partial charge in [0.1, 0.15) is 5.82 Å². The molecule has 0 aliphatic carbocycles. The van der Waals surface area contributed by atoms with Gasteiger partial charge in [0.25, 0.3) is 0 Å². The largest absolute Gasteiger partial charge is 0.392 e. The maximum absolute atomic E-state index is 13.7. The Morgan fingerprint density at radius 2 is 1.95 bits per heavy atom. The van der Waals surface area contributed by atoms with Gasteiger partial charge in [-0.25, -0.2) is 17.1 Å². The third-order valence-corrected chi connectivity index (χ3v) is 4.80. The highest BCUT2D eigenvalue weighted by atomic mass is 32.2. The number of aliphatic hydroxyl groups excluding tert-OH is 1. The molecule has 0 fully saturated rings. The van der Waals surface area contributed by atoms with Crippen molar-refractivity contribution in [2.45, 2.75) is 32.3 Å². The van der Waals surface area contributed by atoms with Crippen LogP contribution in [0.15, 0.2) is 17.0 Å². The van der Waals surface area contributed by atoms with Crippen molar-refractivity contribution in [2.24, 2.45) is 5.92 Å². The van der Waals surface area contributed by atoms with E-state index in [9.17, 15) is 12.8 Å². The second-order valence-corrected chi connectivity index (χ2v) is 7.05. The van der Waals surface area contributed by atoms with Crippen LogP contribution in [0.5, 0.6) is 0 Å². The zero-order valence-corrected chi connectivity index (χ0v) is 12.5. The highest BCUT2D eigenvalue weighted by Gasteiger charge is 2.25. The second kappa shape index (κ2) is 5.98. The average Bonchev–Trinajstić information content (AvgIpc) is 2.31. The molecule has 0 amide bonds. The van der Waals surface area contributed by atoms with E-state index in [2.05, 4.69) is 0 Å². The van der Waals surface area contributed by atoms with E-state index >= 15 is 0 Å². The Morgan fingerprint density at radius 3 is 2.42 bits per heavy atom. The van der Waals surface area contributed by atoms with Crippen LogP contribution in [-0.4, -0.2) is 31.4 Å². The molecule has 1 rings (SSSR count). The van der Waals surface area contributed by atoms with Crippen molar-refractivity contribution in [1.29, 1.82) is 0 Å². The first-order chi connectivity index (χ1) is 8.70. The quantitative estimate of drug-likeness (QED) is 0.900. The number of benzene rings is 1. The molecule has 1 aromatic rings. The van der Waals surface area contributed by atoms with Crippen LogP contribution in [0.3, 0.4) is 0 Å². The van der Waals surface area contributed by atoms with Crippen LogP contribution < -0.4 is 0 Å². The lowest BCUT2D eigenvalue weighted by molar-refractivity contribution is 0.280. The summed E-state index contributed by atoms with van der Waals surface area (Å²) in [6.45, 7) is 5.19. The van der Waals surface area contributed by atoms with Gasteiger partial charge in [0.2, 0.25) is 10.0 Å². The summed E-state index contributed by atoms with van der Waals surface area (Å²) in [6.07, 6.45) is 0. The Kier molecular flexibility index (Phi) is 5.06. The van der Waals surface area contributed by atoms with E-state index in [0.29, 0.717) is 6.54 Å². The molecule has 0 aromatic heterocycles. The highest BCUT2D eigenvalue weighted by molar-refractivity contribution is 7.89. The number of halogens is 1. The highest BCUT2D eigenvalue weighted by Crippen LogP contribution is 2.23. The van der Waals surface area contributed by atoms with Gasteiger partial charge in [0, 0.05) is 19.2 Å². The van der Waals surface area contributed by atoms with Crippen molar-refractivity contribution in [2.75, 3.05) is 13.6 Å². The fourth-order valence-corrected chi connectivity index (χ4v) is 3.46. The number of rotatable bonds is 5. The van der Waals surface area contributed by atoms with Crippen LogP contribution >= 0.6 is 0 Å². The summed E-state index contributed by atoms with van der Waals surface area (Å²) in [5, 5.41) is 9.05. The van der Waals surface area contributed by atoms with Crippen LogP contribution in [-0.2, 0) is 16.6 Å². The lowest BCUT2D eigenvalue weighted by Crippen LogP contribution is -2.31. The summed E-state index contributed by atoms with van der Waals surface area (Å²) in [6, 6.07) is 2.47. The summed E-state index contributed by atoms with van der Waals surface area (Å²) in [5.74, 6) is -0.450. The monoisotopic (exact) mass is 289 g/mol. The molecule has 0 unspecified atom stereocenters. The minimum Gasteiger partial charge on any atom is -0.392 e. The summed E-state index contributed by atoms with van der Waals surface area (Å²) in [7, 11) is -2.27. The predicted molar refractivity (Wildman–Crippen MR) is 71.7 cm³/mol. The van der Waals surface area contributed by atoms with E-state index in [1.807, 2.05) is 13.8 Å². The molecule has 108 valence electrons. The molecule has 0 heterocycles. The first-order valence-corrected chi connectivity index (χ1v) is 7.50. The zero-order valence-electron chi connectivity index (χ0n) is 11.6. The first-order valence-electron chi connectivity index (χ1n) is 6.06. The number of aliphatic hydroxyl groups is 1. The Bertz CT molecular complexity index is 555. The fraction of sp³-hybridized carbons (Fsp3) is 0.538. The van der Waals surface area contributed by atoms with E-state index in [0.717, 1.165) is 6.07 Å². The normalized spacial score (nSPS) is 12.4. The van der Waals surface area contributed by atoms with Gasteiger partial charge in [0.05, 0.1) is 11.5 Å². The Labute approximate surface area is 113 Å². The molecule has 19 heavy (non-hydrogen) atoms. The summed E-state index contributed by atoms with van der Waals surface area (Å²) >= 11 is 0. The molecule has 1 N–H and O–H groups in total. The third-order valence-electron chi connectivity index (χ3n) is 2.85. The molecule has 6 heteroatoms. The van der Waals surface area contributed by atoms with Crippen molar-refractivity contribution >= 4 is 10.0 Å². The summed E-state index contributed by atoms with van der Waals surface area (Å²) in [5.41, 5.74) is 0.326. The maximum Gasteiger partial charge on any atom is 0.243 e. The van der Waals surface area contributed by atoms with Gasteiger partial charge in [-0.1, -0.05) is 13.8 Å². The van der Waals surface area contributed by atoms with Crippen molar-refractivity contribution in [3.63, 3.8) is 0 Å². The van der Waals surface area contributed by atoms with Crippen molar-refractivity contribution in [3.05, 3.63) is 29.1 Å². The van der Waals surface area contributed by atoms with E-state index in [1.54, 1.807) is 0 Å². The molecule has 0 saturated carbocycles. The van der Waals surface area contributed by atoms with Gasteiger partial charge in [0.15, 0.2) is 0 Å². The number of hydrogen-bond acceptors (Lipinski definition) is 3. The molecule has 4 nitrogen and oxygen atoms in total. The van der Waals surface area contributed by atoms with E-state index in [-0.39, 0.29) is 21.9 Å².